The van der Waals surface area contributed by atoms with Gasteiger partial charge in [-0.1, -0.05) is 36.4 Å². The Kier molecular flexibility index (Phi) is 4.64. The third-order valence-corrected chi connectivity index (χ3v) is 5.45. The van der Waals surface area contributed by atoms with Gasteiger partial charge in [-0.15, -0.1) is 0 Å². The van der Waals surface area contributed by atoms with Gasteiger partial charge in [-0.05, 0) is 42.5 Å². The maximum Gasteiger partial charge on any atom is 0.266 e. The average molecular weight is 407 g/mol. The molecule has 5 heteroatoms. The summed E-state index contributed by atoms with van der Waals surface area (Å²) < 4.78 is 9.09. The first-order valence-electron chi connectivity index (χ1n) is 10.0. The fourth-order valence-electron chi connectivity index (χ4n) is 3.93. The SMILES string of the molecule is COc1cccc(-n2c(C=Cc3cn(C)c4ccccc34)nc3ccccc3c2=O)c1. The van der Waals surface area contributed by atoms with Gasteiger partial charge in [0.15, 0.2) is 0 Å². The van der Waals surface area contributed by atoms with E-state index in [1.165, 1.54) is 0 Å². The van der Waals surface area contributed by atoms with Crippen molar-refractivity contribution in [2.75, 3.05) is 7.11 Å². The minimum absolute atomic E-state index is 0.114. The molecule has 3 aromatic carbocycles. The highest BCUT2D eigenvalue weighted by Gasteiger charge is 2.12. The zero-order valence-corrected chi connectivity index (χ0v) is 17.3. The van der Waals surface area contributed by atoms with E-state index in [0.717, 1.165) is 16.5 Å². The first kappa shape index (κ1) is 18.9. The van der Waals surface area contributed by atoms with Crippen LogP contribution in [0, 0.1) is 0 Å². The molecule has 0 atom stereocenters. The number of ether oxygens (including phenoxy) is 1. The number of benzene rings is 3. The van der Waals surface area contributed by atoms with Crippen molar-refractivity contribution in [2.24, 2.45) is 7.05 Å². The topological polar surface area (TPSA) is 49.0 Å². The lowest BCUT2D eigenvalue weighted by Crippen LogP contribution is -2.22. The monoisotopic (exact) mass is 407 g/mol. The molecule has 0 radical (unpaired) electrons. The second kappa shape index (κ2) is 7.61. The van der Waals surface area contributed by atoms with Crippen LogP contribution in [-0.4, -0.2) is 21.2 Å². The van der Waals surface area contributed by atoms with Crippen LogP contribution in [0.3, 0.4) is 0 Å². The summed E-state index contributed by atoms with van der Waals surface area (Å²) in [4.78, 5) is 18.2. The Balaban J connectivity index is 1.73. The summed E-state index contributed by atoms with van der Waals surface area (Å²) in [6.45, 7) is 0. The maximum atomic E-state index is 13.4. The van der Waals surface area contributed by atoms with Crippen LogP contribution in [0.4, 0.5) is 0 Å². The van der Waals surface area contributed by atoms with E-state index >= 15 is 0 Å². The Hall–Kier alpha value is -4.12. The van der Waals surface area contributed by atoms with Crippen LogP contribution in [0.2, 0.25) is 0 Å². The lowest BCUT2D eigenvalue weighted by molar-refractivity contribution is 0.414. The van der Waals surface area contributed by atoms with E-state index in [9.17, 15) is 4.79 Å². The molecule has 0 unspecified atom stereocenters. The van der Waals surface area contributed by atoms with Crippen LogP contribution < -0.4 is 10.3 Å². The second-order valence-electron chi connectivity index (χ2n) is 7.38. The number of aromatic nitrogens is 3. The van der Waals surface area contributed by atoms with Gasteiger partial charge in [0.1, 0.15) is 11.6 Å². The lowest BCUT2D eigenvalue weighted by atomic mass is 10.1. The molecule has 0 spiro atoms. The fraction of sp³-hybridized carbons (Fsp3) is 0.0769. The fourth-order valence-corrected chi connectivity index (χ4v) is 3.93. The van der Waals surface area contributed by atoms with Crippen LogP contribution in [0.15, 0.2) is 83.8 Å². The smallest absolute Gasteiger partial charge is 0.266 e. The minimum Gasteiger partial charge on any atom is -0.497 e. The molecule has 31 heavy (non-hydrogen) atoms. The van der Waals surface area contributed by atoms with Crippen LogP contribution in [0.5, 0.6) is 5.75 Å². The van der Waals surface area contributed by atoms with Crippen LogP contribution in [0.25, 0.3) is 39.6 Å². The van der Waals surface area contributed by atoms with Gasteiger partial charge in [-0.2, -0.15) is 0 Å². The number of fused-ring (bicyclic) bond motifs is 2. The number of rotatable bonds is 4. The molecule has 0 saturated carbocycles. The molecular formula is C26H21N3O2. The molecule has 0 fully saturated rings. The van der Waals surface area contributed by atoms with E-state index in [-0.39, 0.29) is 5.56 Å². The Morgan fingerprint density at radius 2 is 1.68 bits per heavy atom. The molecule has 5 rings (SSSR count). The number of hydrogen-bond acceptors (Lipinski definition) is 3. The zero-order valence-electron chi connectivity index (χ0n) is 17.3. The van der Waals surface area contributed by atoms with Gasteiger partial charge in [0.05, 0.1) is 23.7 Å². The molecule has 2 heterocycles. The average Bonchev–Trinajstić information content (AvgIpc) is 3.13. The Labute approximate surface area is 179 Å². The van der Waals surface area contributed by atoms with Gasteiger partial charge in [0, 0.05) is 35.8 Å². The molecule has 2 aromatic heterocycles. The van der Waals surface area contributed by atoms with Crippen molar-refractivity contribution < 1.29 is 4.74 Å². The second-order valence-corrected chi connectivity index (χ2v) is 7.38. The van der Waals surface area contributed by atoms with Crippen molar-refractivity contribution in [3.8, 4) is 11.4 Å². The molecule has 5 nitrogen and oxygen atoms in total. The molecular weight excluding hydrogens is 386 g/mol. The van der Waals surface area contributed by atoms with Crippen molar-refractivity contribution in [2.45, 2.75) is 0 Å². The van der Waals surface area contributed by atoms with E-state index in [4.69, 9.17) is 9.72 Å². The van der Waals surface area contributed by atoms with E-state index < -0.39 is 0 Å². The third kappa shape index (κ3) is 3.30. The highest BCUT2D eigenvalue weighted by molar-refractivity contribution is 5.92. The van der Waals surface area contributed by atoms with Gasteiger partial charge in [0.2, 0.25) is 0 Å². The Bertz CT molecular complexity index is 1510. The summed E-state index contributed by atoms with van der Waals surface area (Å²) in [5, 5.41) is 1.73. The first-order valence-corrected chi connectivity index (χ1v) is 10.0. The molecule has 5 aromatic rings. The van der Waals surface area contributed by atoms with E-state index in [0.29, 0.717) is 28.2 Å². The van der Waals surface area contributed by atoms with Crippen molar-refractivity contribution in [1.29, 1.82) is 0 Å². The Morgan fingerprint density at radius 3 is 2.52 bits per heavy atom. The normalized spacial score (nSPS) is 11.5. The van der Waals surface area contributed by atoms with Crippen LogP contribution in [0.1, 0.15) is 11.4 Å². The zero-order chi connectivity index (χ0) is 21.4. The third-order valence-electron chi connectivity index (χ3n) is 5.45. The highest BCUT2D eigenvalue weighted by Crippen LogP contribution is 2.23. The van der Waals surface area contributed by atoms with Crippen LogP contribution in [-0.2, 0) is 7.05 Å². The van der Waals surface area contributed by atoms with Crippen molar-refractivity contribution >= 4 is 34.0 Å². The van der Waals surface area contributed by atoms with Crippen molar-refractivity contribution in [1.82, 2.24) is 14.1 Å². The predicted octanol–water partition coefficient (Wildman–Crippen LogP) is 5.06. The molecule has 0 aliphatic carbocycles. The highest BCUT2D eigenvalue weighted by atomic mass is 16.5. The number of para-hydroxylation sites is 2. The number of methoxy groups -OCH3 is 1. The summed E-state index contributed by atoms with van der Waals surface area (Å²) in [5.41, 5.74) is 3.48. The molecule has 152 valence electrons. The summed E-state index contributed by atoms with van der Waals surface area (Å²) in [6.07, 6.45) is 5.99. The quantitative estimate of drug-likeness (QED) is 0.419. The molecule has 0 bridgehead atoms. The largest absolute Gasteiger partial charge is 0.497 e. The van der Waals surface area contributed by atoms with Crippen molar-refractivity contribution in [3.63, 3.8) is 0 Å². The van der Waals surface area contributed by atoms with E-state index in [1.807, 2.05) is 73.8 Å². The summed E-state index contributed by atoms with van der Waals surface area (Å²) in [7, 11) is 3.64. The van der Waals surface area contributed by atoms with Gasteiger partial charge >= 0.3 is 0 Å². The summed E-state index contributed by atoms with van der Waals surface area (Å²) >= 11 is 0. The van der Waals surface area contributed by atoms with Gasteiger partial charge < -0.3 is 9.30 Å². The molecule has 0 aliphatic heterocycles. The lowest BCUT2D eigenvalue weighted by Gasteiger charge is -2.12. The summed E-state index contributed by atoms with van der Waals surface area (Å²) in [6, 6.07) is 23.1. The first-order chi connectivity index (χ1) is 15.2. The maximum absolute atomic E-state index is 13.4. The van der Waals surface area contributed by atoms with Gasteiger partial charge in [-0.25, -0.2) is 4.98 Å². The Morgan fingerprint density at radius 1 is 0.903 bits per heavy atom. The number of aryl methyl sites for hydroxylation is 1. The van der Waals surface area contributed by atoms with Crippen LogP contribution >= 0.6 is 0 Å². The number of hydrogen-bond donors (Lipinski definition) is 0. The molecule has 0 saturated heterocycles. The molecule has 0 N–H and O–H groups in total. The van der Waals surface area contributed by atoms with Crippen molar-refractivity contribution in [3.05, 3.63) is 101 Å². The van der Waals surface area contributed by atoms with Gasteiger partial charge in [0.25, 0.3) is 5.56 Å². The minimum atomic E-state index is -0.114. The predicted molar refractivity (Wildman–Crippen MR) is 126 cm³/mol. The van der Waals surface area contributed by atoms with E-state index in [1.54, 1.807) is 17.7 Å². The molecule has 0 amide bonds. The van der Waals surface area contributed by atoms with Gasteiger partial charge in [-0.3, -0.25) is 9.36 Å². The standard InChI is InChI=1S/C26H21N3O2/c1-28-17-18(21-10-4-6-13-24(21)28)14-15-25-27-23-12-5-3-11-22(23)26(30)29(25)19-8-7-9-20(16-19)31-2/h3-17H,1-2H3. The number of nitrogens with zero attached hydrogens (tertiary/aromatic N) is 3. The molecule has 0 aliphatic rings. The summed E-state index contributed by atoms with van der Waals surface area (Å²) in [5.74, 6) is 1.24. The van der Waals surface area contributed by atoms with E-state index in [2.05, 4.69) is 22.9 Å².